The van der Waals surface area contributed by atoms with Crippen LogP contribution in [0.2, 0.25) is 0 Å². The summed E-state index contributed by atoms with van der Waals surface area (Å²) in [4.78, 5) is 4.13. The maximum absolute atomic E-state index is 8.93. The smallest absolute Gasteiger partial charge is 0.487 e. The third kappa shape index (κ3) is 3.09. The normalized spacial score (nSPS) is 10.3. The van der Waals surface area contributed by atoms with Gasteiger partial charge in [-0.25, -0.2) is 4.98 Å². The lowest BCUT2D eigenvalue weighted by molar-refractivity contribution is 0.302. The van der Waals surface area contributed by atoms with Crippen molar-refractivity contribution in [3.63, 3.8) is 0 Å². The van der Waals surface area contributed by atoms with Gasteiger partial charge in [-0.15, -0.1) is 0 Å². The van der Waals surface area contributed by atoms with Crippen LogP contribution >= 0.6 is 0 Å². The van der Waals surface area contributed by atoms with E-state index in [9.17, 15) is 0 Å². The number of hydrogen-bond acceptors (Lipinski definition) is 4. The number of hydrogen-bond donors (Lipinski definition) is 2. The van der Waals surface area contributed by atoms with Crippen molar-refractivity contribution in [1.29, 1.82) is 0 Å². The lowest BCUT2D eigenvalue weighted by atomic mass is 9.80. The molecule has 2 N–H and O–H groups in total. The summed E-state index contributed by atoms with van der Waals surface area (Å²) in [6, 6.07) is 6.60. The maximum Gasteiger partial charge on any atom is 0.488 e. The molecule has 0 bridgehead atoms. The fraction of sp³-hybridized carbons (Fsp3) is 0.182. The van der Waals surface area contributed by atoms with Gasteiger partial charge in [-0.3, -0.25) is 0 Å². The summed E-state index contributed by atoms with van der Waals surface area (Å²) in [6.45, 7) is 0.391. The lowest BCUT2D eigenvalue weighted by Crippen LogP contribution is -2.29. The second-order valence-electron chi connectivity index (χ2n) is 3.76. The van der Waals surface area contributed by atoms with Gasteiger partial charge in [-0.1, -0.05) is 12.1 Å². The van der Waals surface area contributed by atoms with E-state index in [1.165, 1.54) is 0 Å². The van der Waals surface area contributed by atoms with Crippen molar-refractivity contribution in [3.05, 3.63) is 42.5 Å². The Morgan fingerprint density at radius 1 is 1.29 bits per heavy atom. The zero-order valence-corrected chi connectivity index (χ0v) is 9.45. The predicted octanol–water partition coefficient (Wildman–Crippen LogP) is -0.321. The molecule has 0 radical (unpaired) electrons. The van der Waals surface area contributed by atoms with E-state index in [1.807, 2.05) is 17.8 Å². The molecule has 5 nitrogen and oxygen atoms in total. The van der Waals surface area contributed by atoms with Gasteiger partial charge >= 0.3 is 7.12 Å². The van der Waals surface area contributed by atoms with E-state index in [4.69, 9.17) is 14.8 Å². The van der Waals surface area contributed by atoms with Crippen LogP contribution in [0.15, 0.2) is 36.8 Å². The van der Waals surface area contributed by atoms with Gasteiger partial charge in [0.25, 0.3) is 0 Å². The maximum atomic E-state index is 8.93. The number of benzene rings is 1. The molecule has 0 aliphatic rings. The SMILES string of the molecule is Cn1cnc(COc2ccc(B(O)O)cc2)c1. The number of ether oxygens (including phenoxy) is 1. The van der Waals surface area contributed by atoms with Crippen molar-refractivity contribution in [3.8, 4) is 5.75 Å². The number of imidazole rings is 1. The molecule has 0 aliphatic heterocycles. The van der Waals surface area contributed by atoms with E-state index in [2.05, 4.69) is 4.98 Å². The topological polar surface area (TPSA) is 67.5 Å². The zero-order valence-electron chi connectivity index (χ0n) is 9.45. The number of rotatable bonds is 4. The molecule has 1 aromatic heterocycles. The minimum Gasteiger partial charge on any atom is -0.487 e. The summed E-state index contributed by atoms with van der Waals surface area (Å²) in [5.74, 6) is 0.667. The van der Waals surface area contributed by atoms with Crippen LogP contribution in [-0.2, 0) is 13.7 Å². The lowest BCUT2D eigenvalue weighted by Gasteiger charge is -2.05. The highest BCUT2D eigenvalue weighted by atomic mass is 16.5. The minimum absolute atomic E-state index is 0.391. The van der Waals surface area contributed by atoms with E-state index >= 15 is 0 Å². The van der Waals surface area contributed by atoms with Crippen LogP contribution in [0.3, 0.4) is 0 Å². The molecule has 0 amide bonds. The summed E-state index contributed by atoms with van der Waals surface area (Å²) in [5, 5.41) is 17.9. The second-order valence-corrected chi connectivity index (χ2v) is 3.76. The zero-order chi connectivity index (χ0) is 12.3. The molecular formula is C11H13BN2O3. The Balaban J connectivity index is 1.95. The third-order valence-electron chi connectivity index (χ3n) is 2.32. The minimum atomic E-state index is -1.44. The molecule has 0 fully saturated rings. The molecule has 0 spiro atoms. The molecule has 0 aliphatic carbocycles. The first kappa shape index (κ1) is 11.7. The van der Waals surface area contributed by atoms with Crippen LogP contribution in [0.1, 0.15) is 5.69 Å². The van der Waals surface area contributed by atoms with Gasteiger partial charge in [-0.05, 0) is 17.6 Å². The molecule has 2 rings (SSSR count). The quantitative estimate of drug-likeness (QED) is 0.709. The Kier molecular flexibility index (Phi) is 3.46. The van der Waals surface area contributed by atoms with Crippen molar-refractivity contribution < 1.29 is 14.8 Å². The van der Waals surface area contributed by atoms with Gasteiger partial charge < -0.3 is 19.4 Å². The number of aryl methyl sites for hydroxylation is 1. The Hall–Kier alpha value is -1.79. The first-order valence-corrected chi connectivity index (χ1v) is 5.21. The standard InChI is InChI=1S/C11H13BN2O3/c1-14-6-10(13-8-14)7-17-11-4-2-9(3-5-11)12(15)16/h2-6,8,15-16H,7H2,1H3. The van der Waals surface area contributed by atoms with Gasteiger partial charge in [-0.2, -0.15) is 0 Å². The van der Waals surface area contributed by atoms with E-state index in [0.717, 1.165) is 5.69 Å². The number of aromatic nitrogens is 2. The van der Waals surface area contributed by atoms with Crippen LogP contribution in [0.5, 0.6) is 5.75 Å². The predicted molar refractivity (Wildman–Crippen MR) is 63.8 cm³/mol. The summed E-state index contributed by atoms with van der Waals surface area (Å²) in [7, 11) is 0.452. The van der Waals surface area contributed by atoms with Crippen LogP contribution < -0.4 is 10.2 Å². The molecule has 88 valence electrons. The summed E-state index contributed by atoms with van der Waals surface area (Å²) in [6.07, 6.45) is 3.59. The Bertz CT molecular complexity index is 482. The average molecular weight is 232 g/mol. The van der Waals surface area contributed by atoms with E-state index < -0.39 is 7.12 Å². The van der Waals surface area contributed by atoms with Crippen LogP contribution in [0.25, 0.3) is 0 Å². The van der Waals surface area contributed by atoms with Gasteiger partial charge in [0.2, 0.25) is 0 Å². The molecule has 6 heteroatoms. The molecule has 1 heterocycles. The van der Waals surface area contributed by atoms with Crippen molar-refractivity contribution in [2.75, 3.05) is 0 Å². The molecule has 17 heavy (non-hydrogen) atoms. The highest BCUT2D eigenvalue weighted by Crippen LogP contribution is 2.10. The summed E-state index contributed by atoms with van der Waals surface area (Å²) < 4.78 is 7.35. The Labute approximate surface area is 99.5 Å². The molecule has 1 aromatic carbocycles. The third-order valence-corrected chi connectivity index (χ3v) is 2.32. The van der Waals surface area contributed by atoms with Crippen molar-refractivity contribution in [2.45, 2.75) is 6.61 Å². The van der Waals surface area contributed by atoms with Gasteiger partial charge in [0.1, 0.15) is 12.4 Å². The monoisotopic (exact) mass is 232 g/mol. The average Bonchev–Trinajstić information content (AvgIpc) is 2.73. The Morgan fingerprint density at radius 2 is 2.00 bits per heavy atom. The van der Waals surface area contributed by atoms with E-state index in [0.29, 0.717) is 17.8 Å². The van der Waals surface area contributed by atoms with Crippen LogP contribution in [0.4, 0.5) is 0 Å². The first-order valence-electron chi connectivity index (χ1n) is 5.21. The summed E-state index contributed by atoms with van der Waals surface area (Å²) in [5.41, 5.74) is 1.29. The molecule has 0 unspecified atom stereocenters. The fourth-order valence-corrected chi connectivity index (χ4v) is 1.43. The molecule has 0 atom stereocenters. The van der Waals surface area contributed by atoms with Gasteiger partial charge in [0.05, 0.1) is 12.0 Å². The fourth-order valence-electron chi connectivity index (χ4n) is 1.43. The Morgan fingerprint density at radius 3 is 2.53 bits per heavy atom. The molecule has 0 saturated heterocycles. The largest absolute Gasteiger partial charge is 0.488 e. The molecule has 0 saturated carbocycles. The number of nitrogens with zero attached hydrogens (tertiary/aromatic N) is 2. The highest BCUT2D eigenvalue weighted by Gasteiger charge is 2.09. The van der Waals surface area contributed by atoms with E-state index in [-0.39, 0.29) is 0 Å². The van der Waals surface area contributed by atoms with Crippen molar-refractivity contribution in [1.82, 2.24) is 9.55 Å². The van der Waals surface area contributed by atoms with E-state index in [1.54, 1.807) is 30.6 Å². The van der Waals surface area contributed by atoms with Gasteiger partial charge in [0.15, 0.2) is 0 Å². The van der Waals surface area contributed by atoms with Crippen LogP contribution in [0, 0.1) is 0 Å². The van der Waals surface area contributed by atoms with Crippen molar-refractivity contribution >= 4 is 12.6 Å². The van der Waals surface area contributed by atoms with Crippen molar-refractivity contribution in [2.24, 2.45) is 7.05 Å². The summed E-state index contributed by atoms with van der Waals surface area (Å²) >= 11 is 0. The molecular weight excluding hydrogens is 219 g/mol. The second kappa shape index (κ2) is 5.03. The molecule has 2 aromatic rings. The van der Waals surface area contributed by atoms with Crippen LogP contribution in [-0.4, -0.2) is 26.7 Å². The highest BCUT2D eigenvalue weighted by molar-refractivity contribution is 6.58. The van der Waals surface area contributed by atoms with Gasteiger partial charge in [0, 0.05) is 13.2 Å². The first-order chi connectivity index (χ1) is 8.15.